The van der Waals surface area contributed by atoms with Gasteiger partial charge in [0.15, 0.2) is 0 Å². The number of carbonyl (C=O) groups excluding carboxylic acids is 1. The second-order valence-electron chi connectivity index (χ2n) is 5.78. The number of halogens is 2. The summed E-state index contributed by atoms with van der Waals surface area (Å²) in [6.45, 7) is 1.91. The van der Waals surface area contributed by atoms with E-state index in [0.717, 1.165) is 10.6 Å². The second kappa shape index (κ2) is 9.30. The van der Waals surface area contributed by atoms with Crippen molar-refractivity contribution in [2.24, 2.45) is 0 Å². The van der Waals surface area contributed by atoms with Gasteiger partial charge in [0, 0.05) is 5.02 Å². The molecule has 0 fully saturated rings. The molecule has 1 unspecified atom stereocenters. The first kappa shape index (κ1) is 21.3. The van der Waals surface area contributed by atoms with E-state index in [-0.39, 0.29) is 13.2 Å². The van der Waals surface area contributed by atoms with Gasteiger partial charge in [-0.2, -0.15) is 0 Å². The Morgan fingerprint density at radius 3 is 2.37 bits per heavy atom. The number of carbonyl (C=O) groups is 1. The summed E-state index contributed by atoms with van der Waals surface area (Å²) in [5.41, 5.74) is 0.358. The highest BCUT2D eigenvalue weighted by atomic mass is 35.5. The zero-order valence-corrected chi connectivity index (χ0v) is 17.2. The first-order chi connectivity index (χ1) is 12.7. The van der Waals surface area contributed by atoms with Gasteiger partial charge in [-0.05, 0) is 43.3 Å². The Morgan fingerprint density at radius 1 is 1.15 bits per heavy atom. The van der Waals surface area contributed by atoms with Crippen LogP contribution in [0.1, 0.15) is 6.92 Å². The van der Waals surface area contributed by atoms with Crippen LogP contribution in [0.15, 0.2) is 48.5 Å². The van der Waals surface area contributed by atoms with Gasteiger partial charge in [-0.3, -0.25) is 9.10 Å². The van der Waals surface area contributed by atoms with Crippen molar-refractivity contribution >= 4 is 44.8 Å². The number of ether oxygens (including phenoxy) is 1. The fourth-order valence-corrected chi connectivity index (χ4v) is 3.93. The molecular formula is C18H20Cl2N2O4S. The monoisotopic (exact) mass is 430 g/mol. The fourth-order valence-electron chi connectivity index (χ4n) is 2.44. The molecule has 0 bridgehead atoms. The molecule has 0 saturated heterocycles. The summed E-state index contributed by atoms with van der Waals surface area (Å²) in [6.07, 6.45) is 1.05. The Balaban J connectivity index is 1.98. The van der Waals surface area contributed by atoms with Crippen LogP contribution in [0.5, 0.6) is 5.75 Å². The van der Waals surface area contributed by atoms with Crippen molar-refractivity contribution in [2.75, 3.05) is 23.7 Å². The predicted molar refractivity (Wildman–Crippen MR) is 108 cm³/mol. The fraction of sp³-hybridized carbons (Fsp3) is 0.278. The van der Waals surface area contributed by atoms with Crippen LogP contribution in [0, 0.1) is 0 Å². The van der Waals surface area contributed by atoms with E-state index in [0.29, 0.717) is 21.5 Å². The topological polar surface area (TPSA) is 75.7 Å². The quantitative estimate of drug-likeness (QED) is 0.651. The molecule has 0 saturated carbocycles. The predicted octanol–water partition coefficient (Wildman–Crippen LogP) is 3.34. The minimum absolute atomic E-state index is 0.196. The minimum Gasteiger partial charge on any atom is -0.490 e. The summed E-state index contributed by atoms with van der Waals surface area (Å²) in [6, 6.07) is 12.3. The summed E-state index contributed by atoms with van der Waals surface area (Å²) in [5.74, 6) is 0.0681. The van der Waals surface area contributed by atoms with Gasteiger partial charge in [-0.25, -0.2) is 8.42 Å². The number of hydrogen-bond acceptors (Lipinski definition) is 4. The number of nitrogens with one attached hydrogen (secondary N) is 1. The van der Waals surface area contributed by atoms with Crippen molar-refractivity contribution in [1.82, 2.24) is 5.32 Å². The average molecular weight is 431 g/mol. The largest absolute Gasteiger partial charge is 0.490 e. The van der Waals surface area contributed by atoms with Gasteiger partial charge in [-0.15, -0.1) is 0 Å². The molecule has 6 nitrogen and oxygen atoms in total. The van der Waals surface area contributed by atoms with Crippen LogP contribution in [0.25, 0.3) is 0 Å². The number of hydrogen-bond donors (Lipinski definition) is 1. The lowest BCUT2D eigenvalue weighted by Crippen LogP contribution is -2.48. The van der Waals surface area contributed by atoms with Crippen LogP contribution in [0.2, 0.25) is 10.0 Å². The molecular weight excluding hydrogens is 411 g/mol. The maximum Gasteiger partial charge on any atom is 0.243 e. The van der Waals surface area contributed by atoms with Crippen molar-refractivity contribution in [3.63, 3.8) is 0 Å². The van der Waals surface area contributed by atoms with Crippen LogP contribution in [0.4, 0.5) is 5.69 Å². The Kier molecular flexibility index (Phi) is 7.35. The van der Waals surface area contributed by atoms with E-state index in [1.165, 1.54) is 6.92 Å². The second-order valence-corrected chi connectivity index (χ2v) is 8.48. The number of nitrogens with zero attached hydrogens (tertiary/aromatic N) is 1. The van der Waals surface area contributed by atoms with Gasteiger partial charge < -0.3 is 10.1 Å². The normalized spacial score (nSPS) is 12.3. The average Bonchev–Trinajstić information content (AvgIpc) is 2.60. The Bertz CT molecular complexity index is 888. The van der Waals surface area contributed by atoms with E-state index in [1.807, 2.05) is 0 Å². The molecule has 0 radical (unpaired) electrons. The van der Waals surface area contributed by atoms with Crippen molar-refractivity contribution in [3.8, 4) is 5.75 Å². The lowest BCUT2D eigenvalue weighted by molar-refractivity contribution is -0.121. The van der Waals surface area contributed by atoms with E-state index >= 15 is 0 Å². The maximum absolute atomic E-state index is 12.4. The summed E-state index contributed by atoms with van der Waals surface area (Å²) < 4.78 is 30.9. The number of sulfonamides is 1. The molecule has 0 aliphatic heterocycles. The van der Waals surface area contributed by atoms with E-state index in [4.69, 9.17) is 27.9 Å². The summed E-state index contributed by atoms with van der Waals surface area (Å²) in [4.78, 5) is 12.4. The lowest BCUT2D eigenvalue weighted by Gasteiger charge is -2.28. The van der Waals surface area contributed by atoms with Crippen LogP contribution < -0.4 is 14.4 Å². The van der Waals surface area contributed by atoms with Gasteiger partial charge in [-0.1, -0.05) is 35.3 Å². The van der Waals surface area contributed by atoms with Crippen LogP contribution in [-0.4, -0.2) is 39.8 Å². The van der Waals surface area contributed by atoms with Crippen molar-refractivity contribution in [2.45, 2.75) is 13.0 Å². The standard InChI is InChI=1S/C18H20Cl2N2O4S/c1-13(22(27(2,24)25)15-9-7-14(19)8-10-15)18(23)21-11-12-26-17-6-4-3-5-16(17)20/h3-10,13H,11-12H2,1-2H3,(H,21,23). The summed E-state index contributed by atoms with van der Waals surface area (Å²) >= 11 is 11.8. The van der Waals surface area contributed by atoms with Crippen LogP contribution >= 0.6 is 23.2 Å². The van der Waals surface area contributed by atoms with Crippen molar-refractivity contribution < 1.29 is 17.9 Å². The summed E-state index contributed by atoms with van der Waals surface area (Å²) in [5, 5.41) is 3.62. The zero-order valence-electron chi connectivity index (χ0n) is 14.9. The number of amides is 1. The Labute approximate surface area is 169 Å². The molecule has 9 heteroatoms. The first-order valence-corrected chi connectivity index (χ1v) is 10.7. The highest BCUT2D eigenvalue weighted by Crippen LogP contribution is 2.24. The number of para-hydroxylation sites is 1. The van der Waals surface area contributed by atoms with Crippen molar-refractivity contribution in [3.05, 3.63) is 58.6 Å². The molecule has 0 heterocycles. The molecule has 0 aliphatic rings. The van der Waals surface area contributed by atoms with Gasteiger partial charge in [0.1, 0.15) is 18.4 Å². The molecule has 2 aromatic carbocycles. The Hall–Kier alpha value is -1.96. The van der Waals surface area contributed by atoms with Gasteiger partial charge >= 0.3 is 0 Å². The summed E-state index contributed by atoms with van der Waals surface area (Å²) in [7, 11) is -3.67. The smallest absolute Gasteiger partial charge is 0.243 e. The van der Waals surface area contributed by atoms with E-state index in [2.05, 4.69) is 5.32 Å². The van der Waals surface area contributed by atoms with Gasteiger partial charge in [0.2, 0.25) is 15.9 Å². The SMILES string of the molecule is CC(C(=O)NCCOc1ccccc1Cl)N(c1ccc(Cl)cc1)S(C)(=O)=O. The lowest BCUT2D eigenvalue weighted by atomic mass is 10.2. The van der Waals surface area contributed by atoms with Crippen molar-refractivity contribution in [1.29, 1.82) is 0 Å². The van der Waals surface area contributed by atoms with Crippen LogP contribution in [-0.2, 0) is 14.8 Å². The Morgan fingerprint density at radius 2 is 1.78 bits per heavy atom. The molecule has 146 valence electrons. The number of benzene rings is 2. The third kappa shape index (κ3) is 6.02. The molecule has 0 aliphatic carbocycles. The van der Waals surface area contributed by atoms with E-state index in [9.17, 15) is 13.2 Å². The first-order valence-electron chi connectivity index (χ1n) is 8.10. The molecule has 0 spiro atoms. The third-order valence-electron chi connectivity index (χ3n) is 3.67. The highest BCUT2D eigenvalue weighted by Gasteiger charge is 2.28. The maximum atomic E-state index is 12.4. The van der Waals surface area contributed by atoms with E-state index in [1.54, 1.807) is 48.5 Å². The van der Waals surface area contributed by atoms with Gasteiger partial charge in [0.05, 0.1) is 23.5 Å². The third-order valence-corrected chi connectivity index (χ3v) is 5.47. The van der Waals surface area contributed by atoms with Crippen LogP contribution in [0.3, 0.4) is 0 Å². The van der Waals surface area contributed by atoms with Gasteiger partial charge in [0.25, 0.3) is 0 Å². The molecule has 1 N–H and O–H groups in total. The minimum atomic E-state index is -3.67. The molecule has 1 amide bonds. The van der Waals surface area contributed by atoms with E-state index < -0.39 is 22.0 Å². The molecule has 27 heavy (non-hydrogen) atoms. The molecule has 2 aromatic rings. The zero-order chi connectivity index (χ0) is 20.0. The number of anilines is 1. The highest BCUT2D eigenvalue weighted by molar-refractivity contribution is 7.92. The number of rotatable bonds is 8. The molecule has 2 rings (SSSR count). The molecule has 1 atom stereocenters. The molecule has 0 aromatic heterocycles.